The summed E-state index contributed by atoms with van der Waals surface area (Å²) in [6.07, 6.45) is -0.992. The van der Waals surface area contributed by atoms with E-state index in [1.807, 2.05) is 23.8 Å². The lowest BCUT2D eigenvalue weighted by Crippen LogP contribution is -2.17. The number of nitrogens with zero attached hydrogens (tertiary/aromatic N) is 5. The van der Waals surface area contributed by atoms with Crippen molar-refractivity contribution in [2.24, 2.45) is 7.05 Å². The van der Waals surface area contributed by atoms with Crippen LogP contribution in [0.5, 0.6) is 5.75 Å². The zero-order chi connectivity index (χ0) is 23.8. The molecule has 0 bridgehead atoms. The third-order valence-corrected chi connectivity index (χ3v) is 4.84. The predicted octanol–water partition coefficient (Wildman–Crippen LogP) is 4.26. The van der Waals surface area contributed by atoms with Gasteiger partial charge in [0.05, 0.1) is 30.4 Å². The van der Waals surface area contributed by atoms with E-state index in [9.17, 15) is 18.0 Å². The van der Waals surface area contributed by atoms with Crippen molar-refractivity contribution >= 4 is 11.6 Å². The van der Waals surface area contributed by atoms with Gasteiger partial charge in [-0.25, -0.2) is 14.6 Å². The number of hydrogen-bond acceptors (Lipinski definition) is 5. The molecule has 0 atom stereocenters. The molecule has 0 aliphatic rings. The van der Waals surface area contributed by atoms with E-state index in [0.717, 1.165) is 23.5 Å². The maximum atomic E-state index is 12.9. The van der Waals surface area contributed by atoms with Crippen molar-refractivity contribution in [2.75, 3.05) is 12.4 Å². The van der Waals surface area contributed by atoms with Crippen LogP contribution in [0.15, 0.2) is 55.0 Å². The second-order valence-electron chi connectivity index (χ2n) is 7.22. The largest absolute Gasteiger partial charge is 0.495 e. The summed E-state index contributed by atoms with van der Waals surface area (Å²) in [5.41, 5.74) is 1.35. The number of nitrogens with one attached hydrogen (secondary N) is 1. The van der Waals surface area contributed by atoms with E-state index in [0.29, 0.717) is 11.3 Å². The summed E-state index contributed by atoms with van der Waals surface area (Å²) in [6, 6.07) is 9.69. The molecule has 0 aliphatic heterocycles. The molecule has 1 amide bonds. The first-order valence-corrected chi connectivity index (χ1v) is 9.74. The van der Waals surface area contributed by atoms with Crippen molar-refractivity contribution in [2.45, 2.75) is 13.1 Å². The maximum absolute atomic E-state index is 12.9. The standard InChI is InChI=1S/C22H19F3N6O2/c1-13-11-31(12-26-13)17-8-7-14(9-18(17)33-3)19-28-20(30(2)29-19)21(32)27-16-6-4-5-15(10-16)22(23,24)25/h4-12H,1-3H3,(H,27,32). The molecule has 8 nitrogen and oxygen atoms in total. The van der Waals surface area contributed by atoms with Gasteiger partial charge in [-0.1, -0.05) is 6.07 Å². The number of imidazole rings is 1. The lowest BCUT2D eigenvalue weighted by atomic mass is 10.1. The second kappa shape index (κ2) is 8.41. The molecule has 11 heteroatoms. The van der Waals surface area contributed by atoms with Crippen LogP contribution in [0.1, 0.15) is 21.9 Å². The fraction of sp³-hybridized carbons (Fsp3) is 0.182. The van der Waals surface area contributed by atoms with E-state index in [4.69, 9.17) is 4.74 Å². The fourth-order valence-corrected chi connectivity index (χ4v) is 3.25. The Morgan fingerprint density at radius 2 is 1.94 bits per heavy atom. The highest BCUT2D eigenvalue weighted by molar-refractivity contribution is 6.02. The third-order valence-electron chi connectivity index (χ3n) is 4.84. The molecule has 2 aromatic carbocycles. The van der Waals surface area contributed by atoms with Gasteiger partial charge < -0.3 is 14.6 Å². The summed E-state index contributed by atoms with van der Waals surface area (Å²) < 4.78 is 47.4. The molecule has 1 N–H and O–H groups in total. The van der Waals surface area contributed by atoms with E-state index in [1.165, 1.54) is 31.0 Å². The highest BCUT2D eigenvalue weighted by atomic mass is 19.4. The molecule has 0 radical (unpaired) electrons. The minimum atomic E-state index is -4.51. The Kier molecular flexibility index (Phi) is 5.62. The normalized spacial score (nSPS) is 11.5. The zero-order valence-corrected chi connectivity index (χ0v) is 17.9. The van der Waals surface area contributed by atoms with Gasteiger partial charge >= 0.3 is 6.18 Å². The van der Waals surface area contributed by atoms with Crippen LogP contribution in [0.4, 0.5) is 18.9 Å². The van der Waals surface area contributed by atoms with Crippen LogP contribution in [0.25, 0.3) is 17.1 Å². The number of rotatable bonds is 5. The smallest absolute Gasteiger partial charge is 0.416 e. The highest BCUT2D eigenvalue weighted by Crippen LogP contribution is 2.31. The number of hydrogen-bond donors (Lipinski definition) is 1. The molecule has 2 heterocycles. The molecule has 2 aromatic heterocycles. The minimum Gasteiger partial charge on any atom is -0.495 e. The van der Waals surface area contributed by atoms with Gasteiger partial charge in [0.2, 0.25) is 5.82 Å². The van der Waals surface area contributed by atoms with Gasteiger partial charge in [-0.05, 0) is 43.3 Å². The summed E-state index contributed by atoms with van der Waals surface area (Å²) in [6.45, 7) is 1.88. The van der Waals surface area contributed by atoms with E-state index < -0.39 is 17.6 Å². The summed E-state index contributed by atoms with van der Waals surface area (Å²) in [5, 5.41) is 6.71. The van der Waals surface area contributed by atoms with Gasteiger partial charge in [-0.3, -0.25) is 4.79 Å². The van der Waals surface area contributed by atoms with Gasteiger partial charge in [-0.2, -0.15) is 18.3 Å². The monoisotopic (exact) mass is 456 g/mol. The van der Waals surface area contributed by atoms with Gasteiger partial charge in [-0.15, -0.1) is 0 Å². The van der Waals surface area contributed by atoms with Crippen molar-refractivity contribution in [3.8, 4) is 22.8 Å². The van der Waals surface area contributed by atoms with E-state index in [1.54, 1.807) is 18.5 Å². The second-order valence-corrected chi connectivity index (χ2v) is 7.22. The van der Waals surface area contributed by atoms with Crippen molar-refractivity contribution in [3.63, 3.8) is 0 Å². The lowest BCUT2D eigenvalue weighted by Gasteiger charge is -2.10. The van der Waals surface area contributed by atoms with Gasteiger partial charge in [0.25, 0.3) is 5.91 Å². The average Bonchev–Trinajstić information content (AvgIpc) is 3.38. The molecular formula is C22H19F3N6O2. The number of carbonyl (C=O) groups excluding carboxylic acids is 1. The molecular weight excluding hydrogens is 437 g/mol. The fourth-order valence-electron chi connectivity index (χ4n) is 3.25. The Hall–Kier alpha value is -4.15. The van der Waals surface area contributed by atoms with Crippen LogP contribution in [-0.2, 0) is 13.2 Å². The van der Waals surface area contributed by atoms with Gasteiger partial charge in [0, 0.05) is 24.5 Å². The SMILES string of the molecule is COc1cc(-c2nc(C(=O)Nc3cccc(C(F)(F)F)c3)n(C)n2)ccc1-n1cnc(C)c1. The van der Waals surface area contributed by atoms with Crippen LogP contribution >= 0.6 is 0 Å². The number of aryl methyl sites for hydroxylation is 2. The number of carbonyl (C=O) groups is 1. The summed E-state index contributed by atoms with van der Waals surface area (Å²) in [4.78, 5) is 21.1. The zero-order valence-electron chi connectivity index (χ0n) is 17.9. The van der Waals surface area contributed by atoms with Gasteiger partial charge in [0.1, 0.15) is 5.75 Å². The van der Waals surface area contributed by atoms with E-state index in [2.05, 4.69) is 20.4 Å². The Labute approximate surface area is 186 Å². The Morgan fingerprint density at radius 3 is 2.61 bits per heavy atom. The molecule has 4 rings (SSSR count). The average molecular weight is 456 g/mol. The number of amides is 1. The molecule has 0 aliphatic carbocycles. The topological polar surface area (TPSA) is 86.9 Å². The summed E-state index contributed by atoms with van der Waals surface area (Å²) in [7, 11) is 3.06. The number of alkyl halides is 3. The minimum absolute atomic E-state index is 0.000947. The highest BCUT2D eigenvalue weighted by Gasteiger charge is 2.30. The molecule has 33 heavy (non-hydrogen) atoms. The van der Waals surface area contributed by atoms with Crippen LogP contribution in [0, 0.1) is 6.92 Å². The maximum Gasteiger partial charge on any atom is 0.416 e. The predicted molar refractivity (Wildman–Crippen MR) is 114 cm³/mol. The molecule has 0 saturated carbocycles. The Balaban J connectivity index is 1.60. The quantitative estimate of drug-likeness (QED) is 0.485. The van der Waals surface area contributed by atoms with Crippen molar-refractivity contribution in [1.82, 2.24) is 24.3 Å². The van der Waals surface area contributed by atoms with Crippen LogP contribution in [0.3, 0.4) is 0 Å². The Bertz CT molecular complexity index is 1330. The summed E-state index contributed by atoms with van der Waals surface area (Å²) >= 11 is 0. The molecule has 170 valence electrons. The van der Waals surface area contributed by atoms with Crippen molar-refractivity contribution in [1.29, 1.82) is 0 Å². The Morgan fingerprint density at radius 1 is 1.15 bits per heavy atom. The number of halogens is 3. The third kappa shape index (κ3) is 4.56. The van der Waals surface area contributed by atoms with Crippen LogP contribution in [0.2, 0.25) is 0 Å². The van der Waals surface area contributed by atoms with Crippen molar-refractivity contribution in [3.05, 3.63) is 72.1 Å². The van der Waals surface area contributed by atoms with Crippen LogP contribution < -0.4 is 10.1 Å². The number of ether oxygens (including phenoxy) is 1. The number of aromatic nitrogens is 5. The van der Waals surface area contributed by atoms with E-state index >= 15 is 0 Å². The number of benzene rings is 2. The number of anilines is 1. The van der Waals surface area contributed by atoms with E-state index in [-0.39, 0.29) is 17.3 Å². The molecule has 0 spiro atoms. The molecule has 0 saturated heterocycles. The molecule has 0 unspecified atom stereocenters. The molecule has 4 aromatic rings. The molecule has 0 fully saturated rings. The lowest BCUT2D eigenvalue weighted by molar-refractivity contribution is -0.137. The first kappa shape index (κ1) is 22.1. The van der Waals surface area contributed by atoms with Crippen molar-refractivity contribution < 1.29 is 22.7 Å². The first-order valence-electron chi connectivity index (χ1n) is 9.74. The summed E-state index contributed by atoms with van der Waals surface area (Å²) in [5.74, 6) is 0.0643. The van der Waals surface area contributed by atoms with Crippen LogP contribution in [-0.4, -0.2) is 37.3 Å². The first-order chi connectivity index (χ1) is 15.7. The number of methoxy groups -OCH3 is 1. The van der Waals surface area contributed by atoms with Gasteiger partial charge in [0.15, 0.2) is 5.82 Å².